The van der Waals surface area contributed by atoms with Crippen molar-refractivity contribution in [2.75, 3.05) is 12.9 Å². The van der Waals surface area contributed by atoms with Gasteiger partial charge in [0.15, 0.2) is 0 Å². The highest BCUT2D eigenvalue weighted by Crippen LogP contribution is 1.86. The lowest BCUT2D eigenvalue weighted by molar-refractivity contribution is 0.444. The molecule has 1 unspecified atom stereocenters. The van der Waals surface area contributed by atoms with Crippen LogP contribution in [0.2, 0.25) is 0 Å². The van der Waals surface area contributed by atoms with Gasteiger partial charge >= 0.3 is 0 Å². The maximum Gasteiger partial charge on any atom is 0.143 e. The maximum absolute atomic E-state index is 10.5. The molecule has 2 nitrogen and oxygen atoms in total. The predicted octanol–water partition coefficient (Wildman–Crippen LogP) is 0.764. The molecule has 0 fully saturated rings. The molecule has 1 atom stereocenters. The second-order valence-electron chi connectivity index (χ2n) is 1.01. The summed E-state index contributed by atoms with van der Waals surface area (Å²) in [4.78, 5) is 0. The van der Waals surface area contributed by atoms with Crippen LogP contribution in [0.15, 0.2) is 0 Å². The van der Waals surface area contributed by atoms with E-state index in [0.717, 1.165) is 0 Å². The topological polar surface area (TPSA) is 26.3 Å². The summed E-state index contributed by atoms with van der Waals surface area (Å²) >= 11 is 4.45. The van der Waals surface area contributed by atoms with E-state index in [9.17, 15) is 4.21 Å². The molecular formula is C4H11O2S2-. The third-order valence-corrected chi connectivity index (χ3v) is 2.94. The molecular weight excluding hydrogens is 144 g/mol. The van der Waals surface area contributed by atoms with Crippen molar-refractivity contribution in [3.8, 4) is 0 Å². The summed E-state index contributed by atoms with van der Waals surface area (Å²) in [7, 11) is -0.964. The van der Waals surface area contributed by atoms with Crippen LogP contribution in [0.5, 0.6) is 0 Å². The van der Waals surface area contributed by atoms with E-state index in [0.29, 0.717) is 5.75 Å². The van der Waals surface area contributed by atoms with Crippen molar-refractivity contribution in [1.29, 1.82) is 0 Å². The van der Waals surface area contributed by atoms with Gasteiger partial charge in [-0.3, -0.25) is 4.18 Å². The third-order valence-electron chi connectivity index (χ3n) is 0.607. The van der Waals surface area contributed by atoms with E-state index in [1.807, 2.05) is 0 Å². The van der Waals surface area contributed by atoms with Crippen LogP contribution in [-0.2, 0) is 24.1 Å². The van der Waals surface area contributed by atoms with Gasteiger partial charge in [0.1, 0.15) is 8.77 Å². The zero-order valence-electron chi connectivity index (χ0n) is 5.34. The predicted molar refractivity (Wildman–Crippen MR) is 39.5 cm³/mol. The lowest BCUT2D eigenvalue weighted by Crippen LogP contribution is -2.01. The smallest absolute Gasteiger partial charge is 0.143 e. The molecule has 0 N–H and O–H groups in total. The van der Waals surface area contributed by atoms with Gasteiger partial charge in [0.25, 0.3) is 0 Å². The Balaban J connectivity index is 0. The Morgan fingerprint density at radius 1 is 1.75 bits per heavy atom. The Kier molecular flexibility index (Phi) is 5.91. The van der Waals surface area contributed by atoms with Crippen molar-refractivity contribution in [3.63, 3.8) is 0 Å². The molecule has 0 bridgehead atoms. The van der Waals surface area contributed by atoms with E-state index < -0.39 is 8.77 Å². The van der Waals surface area contributed by atoms with Gasteiger partial charge in [-0.05, 0) is 0 Å². The van der Waals surface area contributed by atoms with E-state index in [1.54, 1.807) is 6.92 Å². The molecule has 0 aliphatic rings. The Hall–Kier alpha value is 0.330. The van der Waals surface area contributed by atoms with Crippen molar-refractivity contribution in [2.24, 2.45) is 0 Å². The second-order valence-corrected chi connectivity index (χ2v) is 4.56. The minimum absolute atomic E-state index is 0. The van der Waals surface area contributed by atoms with Crippen LogP contribution in [0.3, 0.4) is 0 Å². The molecule has 0 amide bonds. The van der Waals surface area contributed by atoms with E-state index in [1.165, 1.54) is 7.11 Å². The fourth-order valence-corrected chi connectivity index (χ4v) is 0.354. The summed E-state index contributed by atoms with van der Waals surface area (Å²) in [6.07, 6.45) is 0. The van der Waals surface area contributed by atoms with Gasteiger partial charge in [0.05, 0.1) is 7.11 Å². The van der Waals surface area contributed by atoms with Crippen LogP contribution in [-0.4, -0.2) is 17.1 Å². The molecule has 0 spiro atoms. The second kappa shape index (κ2) is 4.23. The van der Waals surface area contributed by atoms with Crippen LogP contribution in [0.1, 0.15) is 6.92 Å². The standard InChI is InChI=1S/C3H8O2S2.CH3/c1-3-7(4,6)5-2;/h3H2,1-2H3;1H3/q;-1. The largest absolute Gasteiger partial charge is 0.358 e. The van der Waals surface area contributed by atoms with Crippen LogP contribution in [0.25, 0.3) is 0 Å². The fraction of sp³-hybridized carbons (Fsp3) is 0.750. The first-order chi connectivity index (χ1) is 3.12. The average molecular weight is 155 g/mol. The molecule has 0 rings (SSSR count). The van der Waals surface area contributed by atoms with E-state index in [-0.39, 0.29) is 7.43 Å². The number of hydrogen-bond acceptors (Lipinski definition) is 3. The molecule has 0 saturated carbocycles. The zero-order chi connectivity index (χ0) is 5.91. The SMILES string of the molecule is CCS(=O)(=S)OC.[CH3-]. The van der Waals surface area contributed by atoms with Crippen molar-refractivity contribution in [1.82, 2.24) is 0 Å². The number of hydrogen-bond donors (Lipinski definition) is 0. The van der Waals surface area contributed by atoms with Crippen molar-refractivity contribution in [3.05, 3.63) is 7.43 Å². The van der Waals surface area contributed by atoms with Gasteiger partial charge in [-0.25, -0.2) is 4.21 Å². The van der Waals surface area contributed by atoms with Gasteiger partial charge in [-0.15, -0.1) is 0 Å². The summed E-state index contributed by atoms with van der Waals surface area (Å²) < 4.78 is 14.9. The molecule has 0 aromatic rings. The van der Waals surface area contributed by atoms with Crippen molar-refractivity contribution < 1.29 is 8.39 Å². The quantitative estimate of drug-likeness (QED) is 0.551. The van der Waals surface area contributed by atoms with Crippen LogP contribution in [0.4, 0.5) is 0 Å². The normalized spacial score (nSPS) is 16.2. The first-order valence-corrected chi connectivity index (χ1v) is 4.48. The molecule has 0 aliphatic carbocycles. The molecule has 0 aliphatic heterocycles. The Morgan fingerprint density at radius 3 is 2.12 bits per heavy atom. The van der Waals surface area contributed by atoms with Crippen molar-refractivity contribution in [2.45, 2.75) is 6.92 Å². The minimum atomic E-state index is -2.32. The minimum Gasteiger partial charge on any atom is -0.358 e. The van der Waals surface area contributed by atoms with Crippen molar-refractivity contribution >= 4 is 20.0 Å². The summed E-state index contributed by atoms with van der Waals surface area (Å²) in [5.41, 5.74) is 0. The van der Waals surface area contributed by atoms with E-state index >= 15 is 0 Å². The average Bonchev–Trinajstić information content (AvgIpc) is 1.68. The molecule has 52 valence electrons. The molecule has 4 heteroatoms. The lowest BCUT2D eigenvalue weighted by Gasteiger charge is -1.95. The molecule has 0 aromatic heterocycles. The van der Waals surface area contributed by atoms with Crippen LogP contribution < -0.4 is 0 Å². The highest BCUT2D eigenvalue weighted by atomic mass is 32.8. The molecule has 0 saturated heterocycles. The number of rotatable bonds is 2. The van der Waals surface area contributed by atoms with Gasteiger partial charge in [-0.1, -0.05) is 6.92 Å². The molecule has 8 heavy (non-hydrogen) atoms. The van der Waals surface area contributed by atoms with Gasteiger partial charge in [-0.2, -0.15) is 0 Å². The highest BCUT2D eigenvalue weighted by molar-refractivity contribution is 8.30. The van der Waals surface area contributed by atoms with E-state index in [2.05, 4.69) is 15.4 Å². The zero-order valence-corrected chi connectivity index (χ0v) is 6.97. The van der Waals surface area contributed by atoms with Gasteiger partial charge in [0, 0.05) is 16.9 Å². The Labute approximate surface area is 56.1 Å². The summed E-state index contributed by atoms with van der Waals surface area (Å²) in [6, 6.07) is 0. The molecule has 0 radical (unpaired) electrons. The van der Waals surface area contributed by atoms with Gasteiger partial charge < -0.3 is 7.43 Å². The first-order valence-electron chi connectivity index (χ1n) is 1.90. The highest BCUT2D eigenvalue weighted by Gasteiger charge is 1.94. The first kappa shape index (κ1) is 11.2. The Morgan fingerprint density at radius 2 is 2.12 bits per heavy atom. The van der Waals surface area contributed by atoms with Gasteiger partial charge in [0.2, 0.25) is 0 Å². The van der Waals surface area contributed by atoms with Crippen LogP contribution >= 0.6 is 0 Å². The summed E-state index contributed by atoms with van der Waals surface area (Å²) in [5, 5.41) is 0. The summed E-state index contributed by atoms with van der Waals surface area (Å²) in [5.74, 6) is 0.416. The lowest BCUT2D eigenvalue weighted by atomic mass is 11.0. The Bertz CT molecular complexity index is 115. The monoisotopic (exact) mass is 155 g/mol. The fourth-order valence-electron chi connectivity index (χ4n) is 0.118. The molecule has 0 heterocycles. The van der Waals surface area contributed by atoms with Crippen LogP contribution in [0, 0.1) is 7.43 Å². The maximum atomic E-state index is 10.5. The summed E-state index contributed by atoms with van der Waals surface area (Å²) in [6.45, 7) is 1.73. The molecule has 0 aromatic carbocycles. The third kappa shape index (κ3) is 4.49. The van der Waals surface area contributed by atoms with E-state index in [4.69, 9.17) is 0 Å².